The lowest BCUT2D eigenvalue weighted by molar-refractivity contribution is -0.127. The number of nitrogens with one attached hydrogen (secondary N) is 2. The van der Waals surface area contributed by atoms with Gasteiger partial charge in [0.2, 0.25) is 5.91 Å². The highest BCUT2D eigenvalue weighted by Gasteiger charge is 2.34. The van der Waals surface area contributed by atoms with Gasteiger partial charge in [0.1, 0.15) is 0 Å². The van der Waals surface area contributed by atoms with Gasteiger partial charge in [0.15, 0.2) is 6.61 Å². The molecule has 1 aromatic carbocycles. The van der Waals surface area contributed by atoms with E-state index in [0.29, 0.717) is 11.5 Å². The monoisotopic (exact) mass is 425 g/mol. The van der Waals surface area contributed by atoms with E-state index in [1.165, 1.54) is 7.05 Å². The molecule has 1 aromatic heterocycles. The lowest BCUT2D eigenvalue weighted by Crippen LogP contribution is -2.37. The number of aromatic nitrogens is 1. The van der Waals surface area contributed by atoms with Crippen LogP contribution in [0.15, 0.2) is 24.3 Å². The van der Waals surface area contributed by atoms with Crippen LogP contribution in [0, 0.1) is 11.3 Å². The van der Waals surface area contributed by atoms with Gasteiger partial charge in [-0.05, 0) is 42.2 Å². The van der Waals surface area contributed by atoms with Crippen molar-refractivity contribution in [2.45, 2.75) is 46.5 Å². The van der Waals surface area contributed by atoms with Gasteiger partial charge in [-0.15, -0.1) is 0 Å². The number of hydrogen-bond donors (Lipinski definition) is 2. The molecule has 2 N–H and O–H groups in total. The average Bonchev–Trinajstić information content (AvgIpc) is 2.78. The first-order valence-corrected chi connectivity index (χ1v) is 10.8. The van der Waals surface area contributed by atoms with E-state index in [9.17, 15) is 14.4 Å². The Kier molecular flexibility index (Phi) is 6.93. The second-order valence-electron chi connectivity index (χ2n) is 8.74. The van der Waals surface area contributed by atoms with Gasteiger partial charge in [0.05, 0.1) is 17.6 Å². The van der Waals surface area contributed by atoms with E-state index in [-0.39, 0.29) is 17.9 Å². The topological polar surface area (TPSA) is 97.4 Å². The second-order valence-corrected chi connectivity index (χ2v) is 8.74. The van der Waals surface area contributed by atoms with Crippen LogP contribution in [0.5, 0.6) is 0 Å². The zero-order chi connectivity index (χ0) is 22.6. The van der Waals surface area contributed by atoms with Crippen LogP contribution in [0.4, 0.5) is 0 Å². The molecule has 166 valence electrons. The van der Waals surface area contributed by atoms with E-state index in [4.69, 9.17) is 9.72 Å². The number of esters is 1. The number of aryl methyl sites for hydroxylation is 1. The number of nitrogens with zero attached hydrogens (tertiary/aromatic N) is 1. The molecule has 2 aromatic rings. The zero-order valence-electron chi connectivity index (χ0n) is 18.7. The molecular weight excluding hydrogens is 394 g/mol. The molecule has 0 spiro atoms. The zero-order valence-corrected chi connectivity index (χ0v) is 18.7. The molecule has 0 saturated carbocycles. The van der Waals surface area contributed by atoms with E-state index in [2.05, 4.69) is 31.4 Å². The second kappa shape index (κ2) is 9.45. The van der Waals surface area contributed by atoms with Crippen LogP contribution in [-0.2, 0) is 27.2 Å². The van der Waals surface area contributed by atoms with Crippen molar-refractivity contribution < 1.29 is 19.1 Å². The van der Waals surface area contributed by atoms with Gasteiger partial charge in [-0.25, -0.2) is 4.79 Å². The summed E-state index contributed by atoms with van der Waals surface area (Å²) in [5.41, 5.74) is 3.30. The van der Waals surface area contributed by atoms with Crippen molar-refractivity contribution in [3.8, 4) is 0 Å². The number of likely N-dealkylation sites (N-methyl/N-ethyl adjacent to an activating group) is 1. The Labute approximate surface area is 182 Å². The summed E-state index contributed by atoms with van der Waals surface area (Å²) in [6.07, 6.45) is 3.68. The molecule has 1 aliphatic rings. The van der Waals surface area contributed by atoms with Gasteiger partial charge >= 0.3 is 5.97 Å². The number of benzene rings is 1. The average molecular weight is 426 g/mol. The fraction of sp³-hybridized carbons (Fsp3) is 0.500. The number of rotatable bonds is 7. The largest absolute Gasteiger partial charge is 0.452 e. The van der Waals surface area contributed by atoms with Crippen molar-refractivity contribution in [2.75, 3.05) is 20.2 Å². The van der Waals surface area contributed by atoms with Crippen LogP contribution in [-0.4, -0.2) is 43.0 Å². The summed E-state index contributed by atoms with van der Waals surface area (Å²) >= 11 is 0. The molecule has 0 unspecified atom stereocenters. The number of ether oxygens (including phenoxy) is 1. The summed E-state index contributed by atoms with van der Waals surface area (Å²) in [5, 5.41) is 5.59. The highest BCUT2D eigenvalue weighted by Crippen LogP contribution is 2.41. The predicted octanol–water partition coefficient (Wildman–Crippen LogP) is 2.79. The number of carbonyl (C=O) groups is 3. The standard InChI is InChI=1S/C24H31N3O4/c1-5-24(2,3)15-10-11-19-17(12-15)22(16-8-6-7-9-18(16)27-19)23(30)31-14-21(29)26-13-20(28)25-4/h6-9,15H,5,10-14H2,1-4H3,(H,25,28)(H,26,29)/t15-/m0/s1. The van der Waals surface area contributed by atoms with Crippen molar-refractivity contribution in [1.82, 2.24) is 15.6 Å². The highest BCUT2D eigenvalue weighted by atomic mass is 16.5. The molecule has 0 saturated heterocycles. The van der Waals surface area contributed by atoms with Crippen LogP contribution < -0.4 is 10.6 Å². The van der Waals surface area contributed by atoms with Gasteiger partial charge in [-0.1, -0.05) is 45.4 Å². The summed E-state index contributed by atoms with van der Waals surface area (Å²) in [6, 6.07) is 7.54. The van der Waals surface area contributed by atoms with E-state index >= 15 is 0 Å². The Morgan fingerprint density at radius 3 is 2.65 bits per heavy atom. The third-order valence-corrected chi connectivity index (χ3v) is 6.54. The van der Waals surface area contributed by atoms with Crippen molar-refractivity contribution in [3.05, 3.63) is 41.1 Å². The molecule has 3 rings (SSSR count). The summed E-state index contributed by atoms with van der Waals surface area (Å²) in [4.78, 5) is 41.2. The Balaban J connectivity index is 1.88. The molecule has 31 heavy (non-hydrogen) atoms. The predicted molar refractivity (Wildman–Crippen MR) is 119 cm³/mol. The maximum atomic E-state index is 13.1. The molecule has 2 amide bonds. The van der Waals surface area contributed by atoms with Crippen molar-refractivity contribution >= 4 is 28.7 Å². The molecular formula is C24H31N3O4. The molecule has 7 nitrogen and oxygen atoms in total. The lowest BCUT2D eigenvalue weighted by Gasteiger charge is -2.37. The van der Waals surface area contributed by atoms with Crippen molar-refractivity contribution in [3.63, 3.8) is 0 Å². The third-order valence-electron chi connectivity index (χ3n) is 6.54. The molecule has 7 heteroatoms. The molecule has 1 aliphatic carbocycles. The Hall–Kier alpha value is -2.96. The Morgan fingerprint density at radius 1 is 1.19 bits per heavy atom. The first-order chi connectivity index (χ1) is 14.8. The lowest BCUT2D eigenvalue weighted by atomic mass is 9.68. The first-order valence-electron chi connectivity index (χ1n) is 10.8. The van der Waals surface area contributed by atoms with E-state index in [1.54, 1.807) is 0 Å². The first kappa shape index (κ1) is 22.7. The van der Waals surface area contributed by atoms with Crippen molar-refractivity contribution in [2.24, 2.45) is 11.3 Å². The van der Waals surface area contributed by atoms with Gasteiger partial charge in [0.25, 0.3) is 5.91 Å². The summed E-state index contributed by atoms with van der Waals surface area (Å²) in [6.45, 7) is 6.14. The van der Waals surface area contributed by atoms with Crippen LogP contribution in [0.2, 0.25) is 0 Å². The van der Waals surface area contributed by atoms with Gasteiger partial charge in [0, 0.05) is 18.1 Å². The fourth-order valence-corrected chi connectivity index (χ4v) is 4.10. The van der Waals surface area contributed by atoms with E-state index in [1.807, 2.05) is 24.3 Å². The third kappa shape index (κ3) is 5.03. The molecule has 0 fully saturated rings. The van der Waals surface area contributed by atoms with Crippen LogP contribution in [0.3, 0.4) is 0 Å². The minimum atomic E-state index is -0.528. The number of hydrogen-bond acceptors (Lipinski definition) is 5. The summed E-state index contributed by atoms with van der Waals surface area (Å²) in [7, 11) is 1.49. The number of fused-ring (bicyclic) bond motifs is 2. The number of carbonyl (C=O) groups excluding carboxylic acids is 3. The van der Waals surface area contributed by atoms with Crippen molar-refractivity contribution in [1.29, 1.82) is 0 Å². The number of pyridine rings is 1. The minimum Gasteiger partial charge on any atom is -0.452 e. The molecule has 0 bridgehead atoms. The molecule has 1 heterocycles. The SMILES string of the molecule is CCC(C)(C)[C@H]1CCc2nc3ccccc3c(C(=O)OCC(=O)NCC(=O)NC)c2C1. The maximum Gasteiger partial charge on any atom is 0.339 e. The van der Waals surface area contributed by atoms with E-state index in [0.717, 1.165) is 47.8 Å². The summed E-state index contributed by atoms with van der Waals surface area (Å²) < 4.78 is 5.37. The Bertz CT molecular complexity index is 1000. The quantitative estimate of drug-likeness (QED) is 0.665. The number of para-hydroxylation sites is 1. The minimum absolute atomic E-state index is 0.157. The number of amides is 2. The molecule has 1 atom stereocenters. The van der Waals surface area contributed by atoms with Gasteiger partial charge < -0.3 is 15.4 Å². The van der Waals surface area contributed by atoms with Gasteiger partial charge in [-0.3, -0.25) is 14.6 Å². The van der Waals surface area contributed by atoms with Crippen LogP contribution >= 0.6 is 0 Å². The van der Waals surface area contributed by atoms with Crippen LogP contribution in [0.25, 0.3) is 10.9 Å². The smallest absolute Gasteiger partial charge is 0.339 e. The maximum absolute atomic E-state index is 13.1. The summed E-state index contributed by atoms with van der Waals surface area (Å²) in [5.74, 6) is -0.928. The molecule has 0 aliphatic heterocycles. The molecule has 0 radical (unpaired) electrons. The normalized spacial score (nSPS) is 15.8. The Morgan fingerprint density at radius 2 is 1.94 bits per heavy atom. The fourth-order valence-electron chi connectivity index (χ4n) is 4.10. The van der Waals surface area contributed by atoms with Gasteiger partial charge in [-0.2, -0.15) is 0 Å². The van der Waals surface area contributed by atoms with E-state index < -0.39 is 18.5 Å². The van der Waals surface area contributed by atoms with Crippen LogP contribution in [0.1, 0.15) is 55.2 Å². The highest BCUT2D eigenvalue weighted by molar-refractivity contribution is 6.05.